The number of hydrogen-bond acceptors (Lipinski definition) is 1. The molecule has 41 heavy (non-hydrogen) atoms. The van der Waals surface area contributed by atoms with Gasteiger partial charge in [-0.1, -0.05) is 97.1 Å². The van der Waals surface area contributed by atoms with E-state index < -0.39 is 0 Å². The molecule has 2 heterocycles. The summed E-state index contributed by atoms with van der Waals surface area (Å²) in [6.45, 7) is 7.61. The predicted molar refractivity (Wildman–Crippen MR) is 171 cm³/mol. The maximum Gasteiger partial charge on any atom is 0.188 e. The highest BCUT2D eigenvalue weighted by Crippen LogP contribution is 2.41. The van der Waals surface area contributed by atoms with Gasteiger partial charge in [0, 0.05) is 11.6 Å². The number of aromatic nitrogens is 2. The van der Waals surface area contributed by atoms with Crippen LogP contribution in [0.1, 0.15) is 0 Å². The molecule has 0 saturated carbocycles. The van der Waals surface area contributed by atoms with Crippen LogP contribution in [-0.2, 0) is 0 Å². The van der Waals surface area contributed by atoms with E-state index in [9.17, 15) is 0 Å². The van der Waals surface area contributed by atoms with Crippen LogP contribution < -0.4 is 0 Å². The average molecular weight is 522 g/mol. The van der Waals surface area contributed by atoms with Crippen LogP contribution in [0.4, 0.5) is 5.69 Å². The summed E-state index contributed by atoms with van der Waals surface area (Å²) in [7, 11) is 0. The average Bonchev–Trinajstić information content (AvgIpc) is 3.37. The zero-order chi connectivity index (χ0) is 27.3. The molecule has 190 valence electrons. The molecule has 0 unspecified atom stereocenters. The third kappa shape index (κ3) is 3.62. The first kappa shape index (κ1) is 23.2. The summed E-state index contributed by atoms with van der Waals surface area (Å²) in [5.74, 6) is 0.862. The first-order valence-electron chi connectivity index (χ1n) is 13.7. The second-order valence-electron chi connectivity index (χ2n) is 10.3. The van der Waals surface area contributed by atoms with Gasteiger partial charge in [-0.05, 0) is 85.6 Å². The fraction of sp³-hybridized carbons (Fsp3) is 0. The first-order chi connectivity index (χ1) is 20.3. The number of hydrogen-bond donors (Lipinski definition) is 0. The summed E-state index contributed by atoms with van der Waals surface area (Å²) in [6, 6.07) is 46.8. The van der Waals surface area contributed by atoms with Gasteiger partial charge in [0.25, 0.3) is 0 Å². The quantitative estimate of drug-likeness (QED) is 0.212. The molecular weight excluding hydrogens is 498 g/mol. The smallest absolute Gasteiger partial charge is 0.188 e. The first-order valence-corrected chi connectivity index (χ1v) is 13.7. The molecule has 0 aliphatic rings. The predicted octanol–water partition coefficient (Wildman–Crippen LogP) is 10.4. The Labute approximate surface area is 237 Å². The fourth-order valence-electron chi connectivity index (χ4n) is 6.23. The van der Waals surface area contributed by atoms with Gasteiger partial charge in [-0.3, -0.25) is 4.57 Å². The zero-order valence-corrected chi connectivity index (χ0v) is 22.1. The van der Waals surface area contributed by atoms with Gasteiger partial charge in [0.15, 0.2) is 5.69 Å². The summed E-state index contributed by atoms with van der Waals surface area (Å²) >= 11 is 0. The molecule has 3 nitrogen and oxygen atoms in total. The third-order valence-electron chi connectivity index (χ3n) is 8.07. The highest BCUT2D eigenvalue weighted by atomic mass is 15.1. The lowest BCUT2D eigenvalue weighted by atomic mass is 9.90. The Kier molecular flexibility index (Phi) is 5.20. The Morgan fingerprint density at radius 3 is 1.98 bits per heavy atom. The number of fused-ring (bicyclic) bond motifs is 5. The Morgan fingerprint density at radius 2 is 1.17 bits per heavy atom. The summed E-state index contributed by atoms with van der Waals surface area (Å²) in [4.78, 5) is 8.36. The van der Waals surface area contributed by atoms with E-state index in [1.807, 2.05) is 42.6 Å². The van der Waals surface area contributed by atoms with E-state index >= 15 is 0 Å². The SMILES string of the molecule is [C-]#[N+]c1ccc2c(c1)c1cc(-c3ccc(-c4cccc5ccccc45)c4ccccc34)ccc1n2-c1ccccn1. The van der Waals surface area contributed by atoms with Crippen molar-refractivity contribution in [1.82, 2.24) is 9.55 Å². The van der Waals surface area contributed by atoms with Crippen LogP contribution in [0.2, 0.25) is 0 Å². The maximum absolute atomic E-state index is 7.61. The molecule has 0 atom stereocenters. The van der Waals surface area contributed by atoms with E-state index in [4.69, 9.17) is 6.57 Å². The molecule has 0 N–H and O–H groups in total. The van der Waals surface area contributed by atoms with E-state index in [0.29, 0.717) is 5.69 Å². The summed E-state index contributed by atoms with van der Waals surface area (Å²) in [5, 5.41) is 7.10. The van der Waals surface area contributed by atoms with Crippen molar-refractivity contribution in [3.8, 4) is 28.1 Å². The van der Waals surface area contributed by atoms with Gasteiger partial charge in [-0.2, -0.15) is 0 Å². The van der Waals surface area contributed by atoms with Gasteiger partial charge >= 0.3 is 0 Å². The van der Waals surface area contributed by atoms with E-state index in [1.54, 1.807) is 0 Å². The van der Waals surface area contributed by atoms with E-state index in [2.05, 4.69) is 111 Å². The number of nitrogens with zero attached hydrogens (tertiary/aromatic N) is 3. The topological polar surface area (TPSA) is 22.2 Å². The van der Waals surface area contributed by atoms with Crippen molar-refractivity contribution < 1.29 is 0 Å². The number of pyridine rings is 1. The molecule has 6 aromatic carbocycles. The van der Waals surface area contributed by atoms with Gasteiger partial charge in [0.1, 0.15) is 5.82 Å². The lowest BCUT2D eigenvalue weighted by Crippen LogP contribution is -1.96. The fourth-order valence-corrected chi connectivity index (χ4v) is 6.23. The van der Waals surface area contributed by atoms with Crippen LogP contribution in [0.15, 0.2) is 140 Å². The molecule has 0 bridgehead atoms. The Morgan fingerprint density at radius 1 is 0.512 bits per heavy atom. The number of benzene rings is 6. The molecule has 0 aliphatic carbocycles. The van der Waals surface area contributed by atoms with Gasteiger partial charge < -0.3 is 0 Å². The minimum atomic E-state index is 0.632. The summed E-state index contributed by atoms with van der Waals surface area (Å²) < 4.78 is 2.18. The van der Waals surface area contributed by atoms with Gasteiger partial charge in [-0.25, -0.2) is 9.83 Å². The molecule has 8 rings (SSSR count). The van der Waals surface area contributed by atoms with Crippen LogP contribution in [0.3, 0.4) is 0 Å². The van der Waals surface area contributed by atoms with Crippen LogP contribution in [0.5, 0.6) is 0 Å². The Hall–Kier alpha value is -5.72. The molecule has 0 saturated heterocycles. The highest BCUT2D eigenvalue weighted by Gasteiger charge is 2.16. The van der Waals surface area contributed by atoms with Crippen molar-refractivity contribution in [2.75, 3.05) is 0 Å². The van der Waals surface area contributed by atoms with Crippen molar-refractivity contribution in [3.05, 3.63) is 151 Å². The van der Waals surface area contributed by atoms with Gasteiger partial charge in [0.2, 0.25) is 0 Å². The molecular formula is C38H23N3. The van der Waals surface area contributed by atoms with Crippen molar-refractivity contribution in [3.63, 3.8) is 0 Å². The second kappa shape index (κ2) is 9.19. The van der Waals surface area contributed by atoms with E-state index in [0.717, 1.165) is 33.2 Å². The Bertz CT molecular complexity index is 2320. The molecule has 0 fully saturated rings. The Balaban J connectivity index is 1.38. The normalized spacial score (nSPS) is 11.4. The van der Waals surface area contributed by atoms with Crippen molar-refractivity contribution >= 4 is 49.0 Å². The van der Waals surface area contributed by atoms with Crippen LogP contribution in [0, 0.1) is 6.57 Å². The lowest BCUT2D eigenvalue weighted by Gasteiger charge is -2.14. The van der Waals surface area contributed by atoms with Crippen LogP contribution >= 0.6 is 0 Å². The van der Waals surface area contributed by atoms with Crippen LogP contribution in [-0.4, -0.2) is 9.55 Å². The second-order valence-corrected chi connectivity index (χ2v) is 10.3. The van der Waals surface area contributed by atoms with Crippen LogP contribution in [0.25, 0.3) is 76.3 Å². The minimum Gasteiger partial charge on any atom is -0.294 e. The molecule has 2 aromatic heterocycles. The molecule has 0 aliphatic heterocycles. The largest absolute Gasteiger partial charge is 0.294 e. The zero-order valence-electron chi connectivity index (χ0n) is 22.1. The molecule has 0 spiro atoms. The van der Waals surface area contributed by atoms with E-state index in [-0.39, 0.29) is 0 Å². The maximum atomic E-state index is 7.61. The number of rotatable bonds is 3. The molecule has 0 radical (unpaired) electrons. The summed E-state index contributed by atoms with van der Waals surface area (Å²) in [6.07, 6.45) is 1.82. The molecule has 3 heteroatoms. The molecule has 0 amide bonds. The summed E-state index contributed by atoms with van der Waals surface area (Å²) in [5.41, 5.74) is 7.55. The van der Waals surface area contributed by atoms with Crippen molar-refractivity contribution in [2.24, 2.45) is 0 Å². The lowest BCUT2D eigenvalue weighted by molar-refractivity contribution is 1.08. The van der Waals surface area contributed by atoms with Gasteiger partial charge in [0.05, 0.1) is 17.6 Å². The van der Waals surface area contributed by atoms with E-state index in [1.165, 1.54) is 38.2 Å². The standard InChI is InChI=1S/C38H23N3/c1-39-27-17-21-37-35(24-27)34-23-26(16-20-36(34)41(37)38-15-6-7-22-40-38)29-18-19-33(32-13-5-4-12-30(29)32)31-14-8-10-25-9-2-3-11-28(25)31/h2-24H. The monoisotopic (exact) mass is 521 g/mol. The third-order valence-corrected chi connectivity index (χ3v) is 8.07. The molecule has 8 aromatic rings. The highest BCUT2D eigenvalue weighted by molar-refractivity contribution is 6.13. The van der Waals surface area contributed by atoms with Crippen molar-refractivity contribution in [1.29, 1.82) is 0 Å². The van der Waals surface area contributed by atoms with Gasteiger partial charge in [-0.15, -0.1) is 0 Å². The van der Waals surface area contributed by atoms with Crippen molar-refractivity contribution in [2.45, 2.75) is 0 Å². The minimum absolute atomic E-state index is 0.632.